The highest BCUT2D eigenvalue weighted by atomic mass is 16.3. The molecule has 0 bridgehead atoms. The van der Waals surface area contributed by atoms with Gasteiger partial charge in [-0.3, -0.25) is 4.79 Å². The Labute approximate surface area is 112 Å². The molecule has 2 nitrogen and oxygen atoms in total. The first-order chi connectivity index (χ1) is 8.40. The van der Waals surface area contributed by atoms with Crippen LogP contribution in [-0.4, -0.2) is 17.5 Å². The number of carbonyl (C=O) groups excluding carboxylic acids is 1. The van der Waals surface area contributed by atoms with E-state index in [0.717, 1.165) is 25.7 Å². The Morgan fingerprint density at radius 3 is 2.11 bits per heavy atom. The van der Waals surface area contributed by atoms with Gasteiger partial charge in [0.2, 0.25) is 0 Å². The Balaban J connectivity index is 4.26. The number of aliphatic hydroxyl groups excluding tert-OH is 1. The lowest BCUT2D eigenvalue weighted by Gasteiger charge is -2.23. The first kappa shape index (κ1) is 17.4. The van der Waals surface area contributed by atoms with Crippen molar-refractivity contribution in [2.75, 3.05) is 6.61 Å². The molecule has 0 aromatic rings. The van der Waals surface area contributed by atoms with Crippen molar-refractivity contribution in [1.82, 2.24) is 0 Å². The molecule has 106 valence electrons. The van der Waals surface area contributed by atoms with Crippen LogP contribution in [0.15, 0.2) is 12.7 Å². The van der Waals surface area contributed by atoms with Gasteiger partial charge in [-0.2, -0.15) is 0 Å². The zero-order chi connectivity index (χ0) is 14.1. The fraction of sp³-hybridized carbons (Fsp3) is 0.812. The molecule has 0 fully saturated rings. The van der Waals surface area contributed by atoms with Crippen molar-refractivity contribution < 1.29 is 9.90 Å². The van der Waals surface area contributed by atoms with Gasteiger partial charge in [-0.05, 0) is 50.4 Å². The second kappa shape index (κ2) is 9.32. The number of aliphatic hydroxyl groups is 1. The molecule has 4 unspecified atom stereocenters. The van der Waals surface area contributed by atoms with Crippen molar-refractivity contribution in [2.45, 2.75) is 53.4 Å². The molecule has 0 aliphatic carbocycles. The summed E-state index contributed by atoms with van der Waals surface area (Å²) in [6, 6.07) is 0. The van der Waals surface area contributed by atoms with Gasteiger partial charge in [0, 0.05) is 12.5 Å². The zero-order valence-corrected chi connectivity index (χ0v) is 12.5. The molecule has 0 saturated heterocycles. The summed E-state index contributed by atoms with van der Waals surface area (Å²) in [5, 5.41) is 9.06. The Kier molecular flexibility index (Phi) is 8.99. The van der Waals surface area contributed by atoms with E-state index in [0.29, 0.717) is 23.5 Å². The van der Waals surface area contributed by atoms with Gasteiger partial charge in [0.15, 0.2) is 0 Å². The monoisotopic (exact) mass is 254 g/mol. The van der Waals surface area contributed by atoms with E-state index in [1.807, 2.05) is 6.08 Å². The number of carbonyl (C=O) groups is 1. The van der Waals surface area contributed by atoms with Crippen molar-refractivity contribution >= 4 is 5.78 Å². The Hall–Kier alpha value is -0.630. The van der Waals surface area contributed by atoms with E-state index in [2.05, 4.69) is 27.4 Å². The Morgan fingerprint density at radius 1 is 1.11 bits per heavy atom. The molecule has 0 aromatic carbocycles. The third-order valence-electron chi connectivity index (χ3n) is 3.63. The summed E-state index contributed by atoms with van der Waals surface area (Å²) in [4.78, 5) is 11.7. The van der Waals surface area contributed by atoms with Crippen LogP contribution in [-0.2, 0) is 4.79 Å². The summed E-state index contributed by atoms with van der Waals surface area (Å²) in [6.07, 6.45) is 5.81. The molecule has 0 aliphatic rings. The van der Waals surface area contributed by atoms with Crippen LogP contribution >= 0.6 is 0 Å². The van der Waals surface area contributed by atoms with Gasteiger partial charge in [-0.25, -0.2) is 0 Å². The fourth-order valence-electron chi connectivity index (χ4n) is 2.64. The predicted molar refractivity (Wildman–Crippen MR) is 77.4 cm³/mol. The summed E-state index contributed by atoms with van der Waals surface area (Å²) >= 11 is 0. The Bertz CT molecular complexity index is 247. The first-order valence-corrected chi connectivity index (χ1v) is 7.12. The average Bonchev–Trinajstić information content (AvgIpc) is 2.27. The molecule has 0 radical (unpaired) electrons. The van der Waals surface area contributed by atoms with Crippen molar-refractivity contribution in [3.05, 3.63) is 12.7 Å². The third-order valence-corrected chi connectivity index (χ3v) is 3.63. The topological polar surface area (TPSA) is 37.3 Å². The molecular weight excluding hydrogens is 224 g/mol. The summed E-state index contributed by atoms with van der Waals surface area (Å²) in [5.74, 6) is 1.82. The van der Waals surface area contributed by atoms with E-state index in [1.165, 1.54) is 0 Å². The molecule has 1 N–H and O–H groups in total. The lowest BCUT2D eigenvalue weighted by atomic mass is 9.82. The molecule has 2 heteroatoms. The standard InChI is InChI=1S/C16H30O2/c1-6-7-12(2)9-16(15(5)18)10-13(3)8-14(4)11-17/h6,12-14,16-17H,1,7-11H2,2-5H3. The zero-order valence-electron chi connectivity index (χ0n) is 12.5. The van der Waals surface area contributed by atoms with Crippen LogP contribution in [0, 0.1) is 23.7 Å². The summed E-state index contributed by atoms with van der Waals surface area (Å²) < 4.78 is 0. The molecule has 4 atom stereocenters. The minimum Gasteiger partial charge on any atom is -0.396 e. The van der Waals surface area contributed by atoms with Crippen molar-refractivity contribution in [3.8, 4) is 0 Å². The molecule has 18 heavy (non-hydrogen) atoms. The lowest BCUT2D eigenvalue weighted by molar-refractivity contribution is -0.121. The molecule has 0 rings (SSSR count). The van der Waals surface area contributed by atoms with Crippen LogP contribution in [0.25, 0.3) is 0 Å². The van der Waals surface area contributed by atoms with Gasteiger partial charge < -0.3 is 5.11 Å². The van der Waals surface area contributed by atoms with Gasteiger partial charge in [-0.1, -0.05) is 26.8 Å². The van der Waals surface area contributed by atoms with Gasteiger partial charge in [0.25, 0.3) is 0 Å². The second-order valence-electron chi connectivity index (χ2n) is 6.04. The van der Waals surface area contributed by atoms with Crippen LogP contribution in [0.5, 0.6) is 0 Å². The maximum absolute atomic E-state index is 11.7. The highest BCUT2D eigenvalue weighted by molar-refractivity contribution is 5.78. The van der Waals surface area contributed by atoms with Crippen LogP contribution in [0.1, 0.15) is 53.4 Å². The van der Waals surface area contributed by atoms with Crippen molar-refractivity contribution in [2.24, 2.45) is 23.7 Å². The van der Waals surface area contributed by atoms with Gasteiger partial charge in [-0.15, -0.1) is 6.58 Å². The largest absolute Gasteiger partial charge is 0.396 e. The number of allylic oxidation sites excluding steroid dienone is 1. The minimum atomic E-state index is 0.167. The summed E-state index contributed by atoms with van der Waals surface area (Å²) in [5.41, 5.74) is 0. The molecule has 0 spiro atoms. The second-order valence-corrected chi connectivity index (χ2v) is 6.04. The van der Waals surface area contributed by atoms with E-state index < -0.39 is 0 Å². The van der Waals surface area contributed by atoms with Crippen molar-refractivity contribution in [3.63, 3.8) is 0 Å². The number of Topliss-reactive ketones (excluding diaryl/α,β-unsaturated/α-hetero) is 1. The van der Waals surface area contributed by atoms with Crippen LogP contribution in [0.4, 0.5) is 0 Å². The predicted octanol–water partition coefficient (Wildman–Crippen LogP) is 3.84. The van der Waals surface area contributed by atoms with Crippen LogP contribution in [0.3, 0.4) is 0 Å². The minimum absolute atomic E-state index is 0.167. The Morgan fingerprint density at radius 2 is 1.67 bits per heavy atom. The third kappa shape index (κ3) is 7.65. The maximum atomic E-state index is 11.7. The van der Waals surface area contributed by atoms with Crippen LogP contribution < -0.4 is 0 Å². The van der Waals surface area contributed by atoms with E-state index in [4.69, 9.17) is 5.11 Å². The fourth-order valence-corrected chi connectivity index (χ4v) is 2.64. The van der Waals surface area contributed by atoms with E-state index in [-0.39, 0.29) is 12.5 Å². The molecule has 0 saturated carbocycles. The number of hydrogen-bond donors (Lipinski definition) is 1. The van der Waals surface area contributed by atoms with Gasteiger partial charge in [0.1, 0.15) is 5.78 Å². The highest BCUT2D eigenvalue weighted by Crippen LogP contribution is 2.26. The quantitative estimate of drug-likeness (QED) is 0.601. The van der Waals surface area contributed by atoms with Gasteiger partial charge in [0.05, 0.1) is 0 Å². The smallest absolute Gasteiger partial charge is 0.132 e. The normalized spacial score (nSPS) is 17.8. The molecule has 0 heterocycles. The van der Waals surface area contributed by atoms with Crippen LogP contribution in [0.2, 0.25) is 0 Å². The average molecular weight is 254 g/mol. The maximum Gasteiger partial charge on any atom is 0.132 e. The van der Waals surface area contributed by atoms with E-state index >= 15 is 0 Å². The highest BCUT2D eigenvalue weighted by Gasteiger charge is 2.20. The number of ketones is 1. The molecule has 0 aliphatic heterocycles. The molecular formula is C16H30O2. The summed E-state index contributed by atoms with van der Waals surface area (Å²) in [6.45, 7) is 12.1. The number of rotatable bonds is 10. The summed E-state index contributed by atoms with van der Waals surface area (Å²) in [7, 11) is 0. The SMILES string of the molecule is C=CCC(C)CC(CC(C)CC(C)CO)C(C)=O. The first-order valence-electron chi connectivity index (χ1n) is 7.12. The van der Waals surface area contributed by atoms with Crippen molar-refractivity contribution in [1.29, 1.82) is 0 Å². The van der Waals surface area contributed by atoms with E-state index in [1.54, 1.807) is 6.92 Å². The van der Waals surface area contributed by atoms with E-state index in [9.17, 15) is 4.79 Å². The molecule has 0 aromatic heterocycles. The van der Waals surface area contributed by atoms with Gasteiger partial charge >= 0.3 is 0 Å². The number of hydrogen-bond acceptors (Lipinski definition) is 2. The lowest BCUT2D eigenvalue weighted by Crippen LogP contribution is -2.19. The molecule has 0 amide bonds.